The predicted octanol–water partition coefficient (Wildman–Crippen LogP) is 2.66. The van der Waals surface area contributed by atoms with E-state index in [1.165, 1.54) is 19.3 Å². The maximum atomic E-state index is 4.41. The normalized spacial score (nSPS) is 27.1. The lowest BCUT2D eigenvalue weighted by Gasteiger charge is -2.35. The van der Waals surface area contributed by atoms with Crippen LogP contribution in [0.3, 0.4) is 0 Å². The molecular formula is C16H30N4. The fourth-order valence-corrected chi connectivity index (χ4v) is 3.38. The highest BCUT2D eigenvalue weighted by Gasteiger charge is 2.29. The molecule has 4 heteroatoms. The first-order chi connectivity index (χ1) is 9.56. The SMILES string of the molecule is CC(C)CNCC1CCC(C)CC1Cc1ncnn1C. The molecule has 1 fully saturated rings. The summed E-state index contributed by atoms with van der Waals surface area (Å²) in [7, 11) is 2.00. The van der Waals surface area contributed by atoms with Gasteiger partial charge in [0.1, 0.15) is 12.2 Å². The molecule has 3 atom stereocenters. The van der Waals surface area contributed by atoms with Gasteiger partial charge in [0.25, 0.3) is 0 Å². The van der Waals surface area contributed by atoms with Gasteiger partial charge < -0.3 is 5.32 Å². The molecule has 114 valence electrons. The van der Waals surface area contributed by atoms with Crippen molar-refractivity contribution in [3.05, 3.63) is 12.2 Å². The van der Waals surface area contributed by atoms with E-state index in [1.807, 2.05) is 11.7 Å². The zero-order valence-electron chi connectivity index (χ0n) is 13.5. The van der Waals surface area contributed by atoms with Crippen LogP contribution in [-0.2, 0) is 13.5 Å². The minimum atomic E-state index is 0.731. The molecule has 0 amide bonds. The van der Waals surface area contributed by atoms with Crippen LogP contribution in [0.15, 0.2) is 6.33 Å². The van der Waals surface area contributed by atoms with E-state index in [0.717, 1.165) is 49.0 Å². The molecule has 1 heterocycles. The van der Waals surface area contributed by atoms with Crippen LogP contribution in [-0.4, -0.2) is 27.9 Å². The first kappa shape index (κ1) is 15.5. The first-order valence-corrected chi connectivity index (χ1v) is 8.09. The highest BCUT2D eigenvalue weighted by Crippen LogP contribution is 2.35. The van der Waals surface area contributed by atoms with E-state index >= 15 is 0 Å². The Balaban J connectivity index is 1.92. The molecule has 2 rings (SSSR count). The highest BCUT2D eigenvalue weighted by atomic mass is 15.3. The van der Waals surface area contributed by atoms with Crippen molar-refractivity contribution >= 4 is 0 Å². The maximum absolute atomic E-state index is 4.41. The number of nitrogens with zero attached hydrogens (tertiary/aromatic N) is 3. The standard InChI is InChI=1S/C16H30N4/c1-12(2)9-17-10-14-6-5-13(3)7-15(14)8-16-18-11-19-20(16)4/h11-15,17H,5-10H2,1-4H3. The molecule has 0 bridgehead atoms. The van der Waals surface area contributed by atoms with E-state index < -0.39 is 0 Å². The molecule has 4 nitrogen and oxygen atoms in total. The smallest absolute Gasteiger partial charge is 0.138 e. The average Bonchev–Trinajstić information content (AvgIpc) is 2.77. The Morgan fingerprint density at radius 3 is 2.80 bits per heavy atom. The summed E-state index contributed by atoms with van der Waals surface area (Å²) < 4.78 is 1.93. The van der Waals surface area contributed by atoms with Gasteiger partial charge in [0.15, 0.2) is 0 Å². The van der Waals surface area contributed by atoms with Gasteiger partial charge >= 0.3 is 0 Å². The third-order valence-electron chi connectivity index (χ3n) is 4.61. The first-order valence-electron chi connectivity index (χ1n) is 8.09. The topological polar surface area (TPSA) is 42.7 Å². The van der Waals surface area contributed by atoms with Crippen molar-refractivity contribution in [1.29, 1.82) is 0 Å². The summed E-state index contributed by atoms with van der Waals surface area (Å²) in [4.78, 5) is 4.41. The summed E-state index contributed by atoms with van der Waals surface area (Å²) in [6.07, 6.45) is 6.82. The van der Waals surface area contributed by atoms with Crippen molar-refractivity contribution in [3.8, 4) is 0 Å². The van der Waals surface area contributed by atoms with E-state index in [2.05, 4.69) is 36.2 Å². The van der Waals surface area contributed by atoms with Crippen LogP contribution in [0.1, 0.15) is 45.9 Å². The third kappa shape index (κ3) is 4.30. The van der Waals surface area contributed by atoms with Gasteiger partial charge in [0.2, 0.25) is 0 Å². The quantitative estimate of drug-likeness (QED) is 0.870. The van der Waals surface area contributed by atoms with Gasteiger partial charge in [0.05, 0.1) is 0 Å². The zero-order chi connectivity index (χ0) is 14.5. The Bertz CT molecular complexity index is 399. The number of hydrogen-bond donors (Lipinski definition) is 1. The molecule has 1 aliphatic carbocycles. The van der Waals surface area contributed by atoms with Crippen LogP contribution in [0.5, 0.6) is 0 Å². The molecule has 1 aliphatic rings. The molecule has 1 aromatic heterocycles. The zero-order valence-corrected chi connectivity index (χ0v) is 13.5. The van der Waals surface area contributed by atoms with Crippen LogP contribution in [0.4, 0.5) is 0 Å². The molecule has 1 aromatic rings. The van der Waals surface area contributed by atoms with Crippen molar-refractivity contribution in [3.63, 3.8) is 0 Å². The number of nitrogens with one attached hydrogen (secondary N) is 1. The summed E-state index contributed by atoms with van der Waals surface area (Å²) in [5, 5.41) is 7.85. The summed E-state index contributed by atoms with van der Waals surface area (Å²) in [6.45, 7) is 9.22. The minimum absolute atomic E-state index is 0.731. The van der Waals surface area contributed by atoms with E-state index in [0.29, 0.717) is 0 Å². The number of hydrogen-bond acceptors (Lipinski definition) is 3. The van der Waals surface area contributed by atoms with E-state index in [-0.39, 0.29) is 0 Å². The second kappa shape index (κ2) is 7.21. The molecule has 20 heavy (non-hydrogen) atoms. The third-order valence-corrected chi connectivity index (χ3v) is 4.61. The molecule has 0 aromatic carbocycles. The van der Waals surface area contributed by atoms with Gasteiger partial charge in [-0.1, -0.05) is 27.2 Å². The molecule has 0 aliphatic heterocycles. The Morgan fingerprint density at radius 2 is 2.15 bits per heavy atom. The van der Waals surface area contributed by atoms with Crippen LogP contribution in [0.2, 0.25) is 0 Å². The summed E-state index contributed by atoms with van der Waals surface area (Å²) in [5.41, 5.74) is 0. The predicted molar refractivity (Wildman–Crippen MR) is 82.4 cm³/mol. The van der Waals surface area contributed by atoms with Crippen molar-refractivity contribution in [2.24, 2.45) is 30.7 Å². The summed E-state index contributed by atoms with van der Waals surface area (Å²) in [5.74, 6) is 4.27. The van der Waals surface area contributed by atoms with Gasteiger partial charge in [-0.3, -0.25) is 4.68 Å². The second-order valence-electron chi connectivity index (χ2n) is 6.99. The molecule has 1 saturated carbocycles. The fraction of sp³-hybridized carbons (Fsp3) is 0.875. The summed E-state index contributed by atoms with van der Waals surface area (Å²) >= 11 is 0. The number of aryl methyl sites for hydroxylation is 1. The van der Waals surface area contributed by atoms with E-state index in [9.17, 15) is 0 Å². The van der Waals surface area contributed by atoms with Crippen molar-refractivity contribution in [2.75, 3.05) is 13.1 Å². The molecule has 0 saturated heterocycles. The van der Waals surface area contributed by atoms with Crippen LogP contribution >= 0.6 is 0 Å². The monoisotopic (exact) mass is 278 g/mol. The minimum Gasteiger partial charge on any atom is -0.316 e. The van der Waals surface area contributed by atoms with Crippen LogP contribution in [0.25, 0.3) is 0 Å². The largest absolute Gasteiger partial charge is 0.316 e. The van der Waals surface area contributed by atoms with E-state index in [4.69, 9.17) is 0 Å². The van der Waals surface area contributed by atoms with Gasteiger partial charge in [-0.25, -0.2) is 4.98 Å². The second-order valence-corrected chi connectivity index (χ2v) is 6.99. The molecule has 1 N–H and O–H groups in total. The van der Waals surface area contributed by atoms with Crippen molar-refractivity contribution in [1.82, 2.24) is 20.1 Å². The Labute approximate surface area is 123 Å². The van der Waals surface area contributed by atoms with Gasteiger partial charge in [-0.2, -0.15) is 5.10 Å². The van der Waals surface area contributed by atoms with Crippen LogP contribution < -0.4 is 5.32 Å². The molecular weight excluding hydrogens is 248 g/mol. The number of aromatic nitrogens is 3. The molecule has 0 radical (unpaired) electrons. The molecule has 3 unspecified atom stereocenters. The summed E-state index contributed by atoms with van der Waals surface area (Å²) in [6, 6.07) is 0. The fourth-order valence-electron chi connectivity index (χ4n) is 3.38. The van der Waals surface area contributed by atoms with Gasteiger partial charge in [-0.05, 0) is 49.6 Å². The Hall–Kier alpha value is -0.900. The average molecular weight is 278 g/mol. The Kier molecular flexibility index (Phi) is 5.58. The lowest BCUT2D eigenvalue weighted by molar-refractivity contribution is 0.179. The lowest BCUT2D eigenvalue weighted by atomic mass is 9.73. The Morgan fingerprint density at radius 1 is 1.35 bits per heavy atom. The van der Waals surface area contributed by atoms with E-state index in [1.54, 1.807) is 6.33 Å². The highest BCUT2D eigenvalue weighted by molar-refractivity contribution is 4.91. The molecule has 0 spiro atoms. The van der Waals surface area contributed by atoms with Crippen molar-refractivity contribution in [2.45, 2.75) is 46.5 Å². The lowest BCUT2D eigenvalue weighted by Crippen LogP contribution is -2.35. The van der Waals surface area contributed by atoms with Gasteiger partial charge in [0, 0.05) is 13.5 Å². The van der Waals surface area contributed by atoms with Crippen molar-refractivity contribution < 1.29 is 0 Å². The van der Waals surface area contributed by atoms with Gasteiger partial charge in [-0.15, -0.1) is 0 Å². The maximum Gasteiger partial charge on any atom is 0.138 e. The van der Waals surface area contributed by atoms with Crippen LogP contribution in [0, 0.1) is 23.7 Å². The number of rotatable bonds is 6.